The van der Waals surface area contributed by atoms with Gasteiger partial charge in [-0.15, -0.1) is 11.3 Å². The maximum absolute atomic E-state index is 13.2. The van der Waals surface area contributed by atoms with E-state index in [-0.39, 0.29) is 18.2 Å². The number of furan rings is 1. The second-order valence-corrected chi connectivity index (χ2v) is 9.74. The van der Waals surface area contributed by atoms with Crippen molar-refractivity contribution in [3.05, 3.63) is 110 Å². The van der Waals surface area contributed by atoms with E-state index in [1.165, 1.54) is 17.0 Å². The molecule has 1 aliphatic rings. The molecule has 0 saturated carbocycles. The number of para-hydroxylation sites is 1. The number of thiophene rings is 1. The molecule has 0 spiro atoms. The third-order valence-corrected chi connectivity index (χ3v) is 7.36. The molecule has 0 atom stereocenters. The van der Waals surface area contributed by atoms with Crippen LogP contribution in [0.3, 0.4) is 0 Å². The maximum atomic E-state index is 13.2. The summed E-state index contributed by atoms with van der Waals surface area (Å²) in [5.41, 5.74) is 3.38. The third-order valence-electron chi connectivity index (χ3n) is 6.16. The SMILES string of the molecule is O=C(NCc1ccco1)c1c(N=Cc2ccccc2OCc2ccc([N+](=O)[O-])cc2)sc2c1CCCC2. The van der Waals surface area contributed by atoms with Crippen molar-refractivity contribution in [1.29, 1.82) is 0 Å². The van der Waals surface area contributed by atoms with Crippen molar-refractivity contribution in [3.63, 3.8) is 0 Å². The molecule has 37 heavy (non-hydrogen) atoms. The first-order valence-corrected chi connectivity index (χ1v) is 12.8. The van der Waals surface area contributed by atoms with E-state index in [9.17, 15) is 14.9 Å². The molecular formula is C28H25N3O5S. The molecule has 0 bridgehead atoms. The number of non-ortho nitro benzene ring substituents is 1. The Hall–Kier alpha value is -4.24. The zero-order valence-corrected chi connectivity index (χ0v) is 20.8. The molecule has 1 N–H and O–H groups in total. The van der Waals surface area contributed by atoms with Gasteiger partial charge in [-0.05, 0) is 73.2 Å². The van der Waals surface area contributed by atoms with E-state index in [2.05, 4.69) is 5.32 Å². The minimum atomic E-state index is -0.426. The fourth-order valence-electron chi connectivity index (χ4n) is 4.27. The van der Waals surface area contributed by atoms with Crippen LogP contribution < -0.4 is 10.1 Å². The van der Waals surface area contributed by atoms with Gasteiger partial charge >= 0.3 is 0 Å². The quantitative estimate of drug-likeness (QED) is 0.158. The summed E-state index contributed by atoms with van der Waals surface area (Å²) in [6.45, 7) is 0.579. The Kier molecular flexibility index (Phi) is 7.41. The number of nitrogens with one attached hydrogen (secondary N) is 1. The monoisotopic (exact) mass is 515 g/mol. The highest BCUT2D eigenvalue weighted by atomic mass is 32.1. The number of nitro groups is 1. The van der Waals surface area contributed by atoms with Gasteiger partial charge in [0.2, 0.25) is 0 Å². The molecule has 0 aliphatic heterocycles. The molecule has 2 aromatic heterocycles. The topological polar surface area (TPSA) is 107 Å². The van der Waals surface area contributed by atoms with Gasteiger partial charge in [-0.25, -0.2) is 4.99 Å². The van der Waals surface area contributed by atoms with Crippen LogP contribution >= 0.6 is 11.3 Å². The third kappa shape index (κ3) is 5.78. The van der Waals surface area contributed by atoms with Gasteiger partial charge in [-0.3, -0.25) is 14.9 Å². The highest BCUT2D eigenvalue weighted by molar-refractivity contribution is 7.16. The van der Waals surface area contributed by atoms with Gasteiger partial charge < -0.3 is 14.5 Å². The van der Waals surface area contributed by atoms with Gasteiger partial charge in [-0.2, -0.15) is 0 Å². The summed E-state index contributed by atoms with van der Waals surface area (Å²) in [7, 11) is 0. The van der Waals surface area contributed by atoms with E-state index in [0.717, 1.165) is 42.4 Å². The Bertz CT molecular complexity index is 1420. The smallest absolute Gasteiger partial charge is 0.269 e. The molecule has 8 nitrogen and oxygen atoms in total. The van der Waals surface area contributed by atoms with Crippen LogP contribution in [-0.2, 0) is 26.0 Å². The Balaban J connectivity index is 1.35. The molecule has 0 unspecified atom stereocenters. The van der Waals surface area contributed by atoms with Crippen molar-refractivity contribution in [2.75, 3.05) is 0 Å². The molecule has 1 aliphatic carbocycles. The van der Waals surface area contributed by atoms with Crippen molar-refractivity contribution in [1.82, 2.24) is 5.32 Å². The summed E-state index contributed by atoms with van der Waals surface area (Å²) < 4.78 is 11.4. The number of aliphatic imine (C=N–C) groups is 1. The summed E-state index contributed by atoms with van der Waals surface area (Å²) in [5.74, 6) is 1.18. The molecule has 0 radical (unpaired) electrons. The van der Waals surface area contributed by atoms with Crippen molar-refractivity contribution >= 4 is 34.1 Å². The van der Waals surface area contributed by atoms with E-state index in [0.29, 0.717) is 28.6 Å². The molecule has 0 saturated heterocycles. The predicted octanol–water partition coefficient (Wildman–Crippen LogP) is 6.39. The number of hydrogen-bond donors (Lipinski definition) is 1. The van der Waals surface area contributed by atoms with Gasteiger partial charge in [0.15, 0.2) is 0 Å². The first-order valence-electron chi connectivity index (χ1n) is 12.0. The van der Waals surface area contributed by atoms with Crippen LogP contribution in [-0.4, -0.2) is 17.0 Å². The van der Waals surface area contributed by atoms with Crippen LogP contribution in [0.25, 0.3) is 0 Å². The van der Waals surface area contributed by atoms with Gasteiger partial charge in [0.05, 0.1) is 23.3 Å². The number of carbonyl (C=O) groups excluding carboxylic acids is 1. The number of amides is 1. The summed E-state index contributed by atoms with van der Waals surface area (Å²) in [6.07, 6.45) is 7.33. The van der Waals surface area contributed by atoms with Crippen LogP contribution in [0.5, 0.6) is 5.75 Å². The number of aryl methyl sites for hydroxylation is 1. The Labute approximate surface area is 217 Å². The van der Waals surface area contributed by atoms with E-state index < -0.39 is 4.92 Å². The van der Waals surface area contributed by atoms with Crippen molar-refractivity contribution < 1.29 is 18.9 Å². The standard InChI is InChI=1S/C28H25N3O5S/c32-27(29-17-22-7-5-15-35-22)26-23-8-2-4-10-25(23)37-28(26)30-16-20-6-1-3-9-24(20)36-18-19-11-13-21(14-12-19)31(33)34/h1,3,5-7,9,11-16H,2,4,8,10,17-18H2,(H,29,32). The number of ether oxygens (including phenoxy) is 1. The lowest BCUT2D eigenvalue weighted by atomic mass is 9.95. The highest BCUT2D eigenvalue weighted by Crippen LogP contribution is 2.40. The maximum Gasteiger partial charge on any atom is 0.269 e. The average molecular weight is 516 g/mol. The lowest BCUT2D eigenvalue weighted by Gasteiger charge is -2.12. The molecule has 188 valence electrons. The number of benzene rings is 2. The second kappa shape index (κ2) is 11.2. The van der Waals surface area contributed by atoms with Crippen LogP contribution in [0.2, 0.25) is 0 Å². The second-order valence-electron chi connectivity index (χ2n) is 8.66. The number of nitro benzene ring substituents is 1. The molecule has 9 heteroatoms. The van der Waals surface area contributed by atoms with Gasteiger partial charge in [0.25, 0.3) is 11.6 Å². The number of carbonyl (C=O) groups is 1. The Morgan fingerprint density at radius 1 is 1.11 bits per heavy atom. The van der Waals surface area contributed by atoms with Crippen LogP contribution in [0, 0.1) is 10.1 Å². The molecule has 0 fully saturated rings. The number of hydrogen-bond acceptors (Lipinski definition) is 7. The summed E-state index contributed by atoms with van der Waals surface area (Å²) in [4.78, 5) is 29.6. The van der Waals surface area contributed by atoms with Crippen molar-refractivity contribution in [2.24, 2.45) is 4.99 Å². The molecule has 1 amide bonds. The Morgan fingerprint density at radius 2 is 1.92 bits per heavy atom. The van der Waals surface area contributed by atoms with E-state index in [1.807, 2.05) is 30.3 Å². The normalized spacial score (nSPS) is 12.9. The van der Waals surface area contributed by atoms with Gasteiger partial charge in [-0.1, -0.05) is 12.1 Å². The number of rotatable bonds is 9. The fourth-order valence-corrected chi connectivity index (χ4v) is 5.50. The van der Waals surface area contributed by atoms with E-state index in [4.69, 9.17) is 14.1 Å². The molecule has 4 aromatic rings. The summed E-state index contributed by atoms with van der Waals surface area (Å²) >= 11 is 1.57. The molecular weight excluding hydrogens is 490 g/mol. The van der Waals surface area contributed by atoms with Crippen LogP contribution in [0.4, 0.5) is 10.7 Å². The highest BCUT2D eigenvalue weighted by Gasteiger charge is 2.25. The molecule has 2 heterocycles. The average Bonchev–Trinajstić information content (AvgIpc) is 3.58. The Morgan fingerprint density at radius 3 is 2.70 bits per heavy atom. The number of nitrogens with zero attached hydrogens (tertiary/aromatic N) is 2. The predicted molar refractivity (Wildman–Crippen MR) is 142 cm³/mol. The van der Waals surface area contributed by atoms with Crippen molar-refractivity contribution in [3.8, 4) is 5.75 Å². The van der Waals surface area contributed by atoms with Crippen molar-refractivity contribution in [2.45, 2.75) is 38.8 Å². The minimum Gasteiger partial charge on any atom is -0.488 e. The van der Waals surface area contributed by atoms with Crippen LogP contribution in [0.15, 0.2) is 76.3 Å². The summed E-state index contributed by atoms with van der Waals surface area (Å²) in [5, 5.41) is 14.5. The van der Waals surface area contributed by atoms with E-state index in [1.54, 1.807) is 42.0 Å². The number of fused-ring (bicyclic) bond motifs is 1. The zero-order chi connectivity index (χ0) is 25.6. The first-order chi connectivity index (χ1) is 18.1. The molecule has 5 rings (SSSR count). The summed E-state index contributed by atoms with van der Waals surface area (Å²) in [6, 6.07) is 17.4. The lowest BCUT2D eigenvalue weighted by molar-refractivity contribution is -0.384. The molecule has 2 aromatic carbocycles. The first kappa shape index (κ1) is 24.5. The minimum absolute atomic E-state index is 0.0407. The largest absolute Gasteiger partial charge is 0.488 e. The lowest BCUT2D eigenvalue weighted by Crippen LogP contribution is -2.23. The van der Waals surface area contributed by atoms with Gasteiger partial charge in [0, 0.05) is 28.8 Å². The zero-order valence-electron chi connectivity index (χ0n) is 20.0. The van der Waals surface area contributed by atoms with Crippen LogP contribution in [0.1, 0.15) is 50.5 Å². The van der Waals surface area contributed by atoms with E-state index >= 15 is 0 Å². The fraction of sp³-hybridized carbons (Fsp3) is 0.214. The van der Waals surface area contributed by atoms with Gasteiger partial charge in [0.1, 0.15) is 23.1 Å².